The number of carbonyl (C=O) groups is 1. The Balaban J connectivity index is 2.22. The first-order valence-corrected chi connectivity index (χ1v) is 6.29. The Hall–Kier alpha value is -2.18. The predicted octanol–water partition coefficient (Wildman–Crippen LogP) is 0.607. The number of amides is 1. The van der Waals surface area contributed by atoms with Crippen LogP contribution in [0.5, 0.6) is 0 Å². The van der Waals surface area contributed by atoms with Gasteiger partial charge in [0.2, 0.25) is 5.91 Å². The van der Waals surface area contributed by atoms with Gasteiger partial charge in [-0.15, -0.1) is 0 Å². The molecule has 6 nitrogen and oxygen atoms in total. The Morgan fingerprint density at radius 2 is 2.10 bits per heavy atom. The summed E-state index contributed by atoms with van der Waals surface area (Å²) in [5.74, 6) is -0.252. The van der Waals surface area contributed by atoms with Crippen LogP contribution >= 0.6 is 0 Å². The lowest BCUT2D eigenvalue weighted by molar-refractivity contribution is -0.119. The molecule has 1 aromatic heterocycles. The van der Waals surface area contributed by atoms with Crippen LogP contribution in [-0.4, -0.2) is 39.0 Å². The molecule has 1 aromatic carbocycles. The van der Waals surface area contributed by atoms with E-state index in [2.05, 4.69) is 15.5 Å². The zero-order valence-corrected chi connectivity index (χ0v) is 11.1. The highest BCUT2D eigenvalue weighted by Gasteiger charge is 2.21. The van der Waals surface area contributed by atoms with Gasteiger partial charge in [-0.3, -0.25) is 9.89 Å². The third kappa shape index (κ3) is 3.23. The molecule has 0 saturated carbocycles. The smallest absolute Gasteiger partial charge is 0.216 e. The number of nitrogens with zero attached hydrogens (tertiary/aromatic N) is 1. The number of H-pyrrole nitrogens is 1. The molecule has 0 fully saturated rings. The van der Waals surface area contributed by atoms with E-state index >= 15 is 0 Å². The van der Waals surface area contributed by atoms with Gasteiger partial charge < -0.3 is 15.5 Å². The van der Waals surface area contributed by atoms with E-state index in [0.717, 1.165) is 11.3 Å². The number of carbonyl (C=O) groups excluding carboxylic acids is 1. The Kier molecular flexibility index (Phi) is 4.49. The fourth-order valence-corrected chi connectivity index (χ4v) is 1.97. The quantitative estimate of drug-likeness (QED) is 0.642. The van der Waals surface area contributed by atoms with Gasteiger partial charge in [0.1, 0.15) is 12.2 Å². The standard InChI is InChI=1S/C14H17N3O3/c1-9(18)15-8-13(19)14(20)11-5-3-2-4-10(11)12-6-7-16-17-12/h2-7,13-14,19-20H,8H2,1H3,(H,15,18)(H,16,17). The van der Waals surface area contributed by atoms with Crippen molar-refractivity contribution in [3.05, 3.63) is 42.1 Å². The van der Waals surface area contributed by atoms with Crippen LogP contribution in [0.3, 0.4) is 0 Å². The summed E-state index contributed by atoms with van der Waals surface area (Å²) in [6.07, 6.45) is -0.559. The SMILES string of the molecule is CC(=O)NCC(O)C(O)c1ccccc1-c1ccn[nH]1. The van der Waals surface area contributed by atoms with Gasteiger partial charge in [-0.1, -0.05) is 24.3 Å². The summed E-state index contributed by atoms with van der Waals surface area (Å²) in [7, 11) is 0. The average Bonchev–Trinajstić information content (AvgIpc) is 2.98. The van der Waals surface area contributed by atoms with E-state index in [-0.39, 0.29) is 12.5 Å². The van der Waals surface area contributed by atoms with E-state index in [1.54, 1.807) is 24.4 Å². The highest BCUT2D eigenvalue weighted by molar-refractivity contribution is 5.72. The monoisotopic (exact) mass is 275 g/mol. The van der Waals surface area contributed by atoms with Crippen molar-refractivity contribution in [1.82, 2.24) is 15.5 Å². The van der Waals surface area contributed by atoms with E-state index in [1.165, 1.54) is 6.92 Å². The maximum absolute atomic E-state index is 10.8. The Morgan fingerprint density at radius 3 is 2.75 bits per heavy atom. The Bertz CT molecular complexity index is 569. The summed E-state index contributed by atoms with van der Waals surface area (Å²) in [5.41, 5.74) is 2.10. The number of benzene rings is 1. The molecule has 0 saturated heterocycles. The largest absolute Gasteiger partial charge is 0.388 e. The fraction of sp³-hybridized carbons (Fsp3) is 0.286. The molecule has 2 aromatic rings. The minimum atomic E-state index is -1.10. The van der Waals surface area contributed by atoms with E-state index < -0.39 is 12.2 Å². The lowest BCUT2D eigenvalue weighted by Crippen LogP contribution is -2.34. The maximum Gasteiger partial charge on any atom is 0.216 e. The van der Waals surface area contributed by atoms with Gasteiger partial charge in [0.25, 0.3) is 0 Å². The predicted molar refractivity (Wildman–Crippen MR) is 73.7 cm³/mol. The number of aliphatic hydroxyl groups excluding tert-OH is 2. The van der Waals surface area contributed by atoms with Gasteiger partial charge in [0.15, 0.2) is 0 Å². The van der Waals surface area contributed by atoms with E-state index in [4.69, 9.17) is 0 Å². The lowest BCUT2D eigenvalue weighted by Gasteiger charge is -2.20. The molecule has 106 valence electrons. The summed E-state index contributed by atoms with van der Waals surface area (Å²) < 4.78 is 0. The molecule has 2 atom stereocenters. The molecule has 0 aliphatic heterocycles. The molecule has 6 heteroatoms. The highest BCUT2D eigenvalue weighted by atomic mass is 16.3. The van der Waals surface area contributed by atoms with Gasteiger partial charge in [-0.25, -0.2) is 0 Å². The molecule has 1 amide bonds. The fourth-order valence-electron chi connectivity index (χ4n) is 1.97. The number of aromatic nitrogens is 2. The number of nitrogens with one attached hydrogen (secondary N) is 2. The summed E-state index contributed by atoms with van der Waals surface area (Å²) in [4.78, 5) is 10.8. The molecule has 2 unspecified atom stereocenters. The van der Waals surface area contributed by atoms with E-state index in [9.17, 15) is 15.0 Å². The van der Waals surface area contributed by atoms with Crippen LogP contribution in [-0.2, 0) is 4.79 Å². The second kappa shape index (κ2) is 6.31. The number of hydrogen-bond acceptors (Lipinski definition) is 4. The summed E-state index contributed by atoms with van der Waals surface area (Å²) in [5, 5.41) is 29.4. The van der Waals surface area contributed by atoms with Crippen molar-refractivity contribution in [2.45, 2.75) is 19.1 Å². The molecule has 0 radical (unpaired) electrons. The molecular weight excluding hydrogens is 258 g/mol. The number of aromatic amines is 1. The number of hydrogen-bond donors (Lipinski definition) is 4. The average molecular weight is 275 g/mol. The third-order valence-corrected chi connectivity index (χ3v) is 2.99. The van der Waals surface area contributed by atoms with Crippen LogP contribution in [0, 0.1) is 0 Å². The molecule has 20 heavy (non-hydrogen) atoms. The molecular formula is C14H17N3O3. The van der Waals surface area contributed by atoms with Crippen molar-refractivity contribution in [1.29, 1.82) is 0 Å². The van der Waals surface area contributed by atoms with Crippen molar-refractivity contribution in [3.8, 4) is 11.3 Å². The van der Waals surface area contributed by atoms with Crippen molar-refractivity contribution in [2.24, 2.45) is 0 Å². The Labute approximate surface area is 116 Å². The van der Waals surface area contributed by atoms with Crippen LogP contribution in [0.4, 0.5) is 0 Å². The second-order valence-corrected chi connectivity index (χ2v) is 4.51. The zero-order chi connectivity index (χ0) is 14.5. The van der Waals surface area contributed by atoms with E-state index in [0.29, 0.717) is 5.56 Å². The molecule has 0 aliphatic carbocycles. The molecule has 2 rings (SSSR count). The van der Waals surface area contributed by atoms with Crippen LogP contribution < -0.4 is 5.32 Å². The van der Waals surface area contributed by atoms with Gasteiger partial charge >= 0.3 is 0 Å². The number of rotatable bonds is 5. The van der Waals surface area contributed by atoms with Gasteiger partial charge in [-0.2, -0.15) is 5.10 Å². The lowest BCUT2D eigenvalue weighted by atomic mass is 9.96. The van der Waals surface area contributed by atoms with Crippen molar-refractivity contribution >= 4 is 5.91 Å². The first kappa shape index (κ1) is 14.2. The van der Waals surface area contributed by atoms with Gasteiger partial charge in [-0.05, 0) is 11.6 Å². The first-order valence-electron chi connectivity index (χ1n) is 6.29. The highest BCUT2D eigenvalue weighted by Crippen LogP contribution is 2.28. The molecule has 1 heterocycles. The van der Waals surface area contributed by atoms with Crippen molar-refractivity contribution in [2.75, 3.05) is 6.54 Å². The maximum atomic E-state index is 10.8. The van der Waals surface area contributed by atoms with Gasteiger partial charge in [0.05, 0.1) is 5.69 Å². The molecule has 0 aliphatic rings. The summed E-state index contributed by atoms with van der Waals surface area (Å²) in [6.45, 7) is 1.35. The summed E-state index contributed by atoms with van der Waals surface area (Å²) in [6, 6.07) is 8.97. The molecule has 0 bridgehead atoms. The minimum absolute atomic E-state index is 0.00614. The summed E-state index contributed by atoms with van der Waals surface area (Å²) >= 11 is 0. The molecule has 0 spiro atoms. The zero-order valence-electron chi connectivity index (χ0n) is 11.1. The second-order valence-electron chi connectivity index (χ2n) is 4.51. The van der Waals surface area contributed by atoms with Crippen LogP contribution in [0.25, 0.3) is 11.3 Å². The van der Waals surface area contributed by atoms with Crippen LogP contribution in [0.2, 0.25) is 0 Å². The third-order valence-electron chi connectivity index (χ3n) is 2.99. The first-order chi connectivity index (χ1) is 9.59. The van der Waals surface area contributed by atoms with Crippen molar-refractivity contribution in [3.63, 3.8) is 0 Å². The van der Waals surface area contributed by atoms with E-state index in [1.807, 2.05) is 12.1 Å². The topological polar surface area (TPSA) is 98.2 Å². The normalized spacial score (nSPS) is 13.8. The Morgan fingerprint density at radius 1 is 1.35 bits per heavy atom. The molecule has 4 N–H and O–H groups in total. The van der Waals surface area contributed by atoms with Crippen LogP contribution in [0.15, 0.2) is 36.5 Å². The van der Waals surface area contributed by atoms with Crippen molar-refractivity contribution < 1.29 is 15.0 Å². The minimum Gasteiger partial charge on any atom is -0.388 e. The van der Waals surface area contributed by atoms with Crippen LogP contribution in [0.1, 0.15) is 18.6 Å². The van der Waals surface area contributed by atoms with Gasteiger partial charge in [0, 0.05) is 25.2 Å². The number of aliphatic hydroxyl groups is 2.